The highest BCUT2D eigenvalue weighted by molar-refractivity contribution is 7.86. The van der Waals surface area contributed by atoms with Gasteiger partial charge in [-0.05, 0) is 19.8 Å². The molecule has 23 heavy (non-hydrogen) atoms. The van der Waals surface area contributed by atoms with Gasteiger partial charge >= 0.3 is 0 Å². The van der Waals surface area contributed by atoms with Gasteiger partial charge in [0.25, 0.3) is 16.1 Å². The molecule has 8 nitrogen and oxygen atoms in total. The molecule has 0 atom stereocenters. The molecule has 0 radical (unpaired) electrons. The van der Waals surface area contributed by atoms with Crippen molar-refractivity contribution in [2.45, 2.75) is 39.7 Å². The molecule has 1 fully saturated rings. The number of rotatable bonds is 6. The molecule has 1 N–H and O–H groups in total. The molecule has 1 aliphatic rings. The van der Waals surface area contributed by atoms with Gasteiger partial charge in [0.05, 0.1) is 5.69 Å². The molecule has 0 saturated carbocycles. The smallest absolute Gasteiger partial charge is 0.290 e. The van der Waals surface area contributed by atoms with Crippen LogP contribution in [0.5, 0.6) is 0 Å². The van der Waals surface area contributed by atoms with Crippen LogP contribution in [0.4, 0.5) is 0 Å². The number of nitrogens with zero attached hydrogens (tertiary/aromatic N) is 3. The molecular formula is C14H24N4O4S. The Morgan fingerprint density at radius 2 is 2.00 bits per heavy atom. The molecule has 0 bridgehead atoms. The first kappa shape index (κ1) is 17.9. The SMILES string of the molecule is CCN(CC)S(=O)(=O)N1CCC(NC(=O)c2cc(C)no2)CC1. The van der Waals surface area contributed by atoms with E-state index in [1.807, 2.05) is 13.8 Å². The van der Waals surface area contributed by atoms with E-state index in [-0.39, 0.29) is 17.7 Å². The van der Waals surface area contributed by atoms with Crippen LogP contribution in [-0.2, 0) is 10.2 Å². The Kier molecular flexibility index (Phi) is 5.77. The number of aromatic nitrogens is 1. The molecule has 0 spiro atoms. The van der Waals surface area contributed by atoms with E-state index >= 15 is 0 Å². The summed E-state index contributed by atoms with van der Waals surface area (Å²) in [7, 11) is -3.40. The van der Waals surface area contributed by atoms with E-state index in [4.69, 9.17) is 4.52 Å². The predicted molar refractivity (Wildman–Crippen MR) is 85.1 cm³/mol. The predicted octanol–water partition coefficient (Wildman–Crippen LogP) is 0.764. The van der Waals surface area contributed by atoms with E-state index < -0.39 is 10.2 Å². The van der Waals surface area contributed by atoms with Gasteiger partial charge in [0.15, 0.2) is 0 Å². The van der Waals surface area contributed by atoms with Gasteiger partial charge in [-0.25, -0.2) is 0 Å². The summed E-state index contributed by atoms with van der Waals surface area (Å²) in [5.41, 5.74) is 0.648. The Labute approximate surface area is 137 Å². The van der Waals surface area contributed by atoms with Crippen LogP contribution in [-0.4, -0.2) is 60.3 Å². The lowest BCUT2D eigenvalue weighted by molar-refractivity contribution is 0.0886. The van der Waals surface area contributed by atoms with Crippen LogP contribution < -0.4 is 5.32 Å². The fourth-order valence-corrected chi connectivity index (χ4v) is 4.32. The Morgan fingerprint density at radius 3 is 2.48 bits per heavy atom. The third-order valence-corrected chi connectivity index (χ3v) is 6.19. The summed E-state index contributed by atoms with van der Waals surface area (Å²) < 4.78 is 32.7. The number of nitrogens with one attached hydrogen (secondary N) is 1. The van der Waals surface area contributed by atoms with Gasteiger partial charge in [0.2, 0.25) is 5.76 Å². The maximum absolute atomic E-state index is 12.4. The highest BCUT2D eigenvalue weighted by Gasteiger charge is 2.32. The van der Waals surface area contributed by atoms with Crippen molar-refractivity contribution >= 4 is 16.1 Å². The summed E-state index contributed by atoms with van der Waals surface area (Å²) in [5, 5.41) is 6.55. The van der Waals surface area contributed by atoms with Gasteiger partial charge in [-0.3, -0.25) is 4.79 Å². The minimum atomic E-state index is -3.40. The van der Waals surface area contributed by atoms with Crippen molar-refractivity contribution in [1.82, 2.24) is 19.1 Å². The molecule has 0 aromatic carbocycles. The number of piperidine rings is 1. The molecule has 0 unspecified atom stereocenters. The van der Waals surface area contributed by atoms with Gasteiger partial charge in [-0.2, -0.15) is 17.0 Å². The number of carbonyl (C=O) groups excluding carboxylic acids is 1. The van der Waals surface area contributed by atoms with E-state index in [0.29, 0.717) is 44.7 Å². The van der Waals surface area contributed by atoms with E-state index in [0.717, 1.165) is 0 Å². The summed E-state index contributed by atoms with van der Waals surface area (Å²) in [4.78, 5) is 12.0. The largest absolute Gasteiger partial charge is 0.351 e. The minimum absolute atomic E-state index is 0.0592. The van der Waals surface area contributed by atoms with Crippen LogP contribution in [0, 0.1) is 6.92 Å². The first-order valence-electron chi connectivity index (χ1n) is 7.87. The van der Waals surface area contributed by atoms with Crippen molar-refractivity contribution in [3.8, 4) is 0 Å². The van der Waals surface area contributed by atoms with E-state index in [1.54, 1.807) is 13.0 Å². The molecule has 9 heteroatoms. The molecule has 130 valence electrons. The highest BCUT2D eigenvalue weighted by atomic mass is 32.2. The zero-order valence-electron chi connectivity index (χ0n) is 13.8. The topological polar surface area (TPSA) is 95.8 Å². The van der Waals surface area contributed by atoms with Crippen molar-refractivity contribution < 1.29 is 17.7 Å². The lowest BCUT2D eigenvalue weighted by Gasteiger charge is -2.34. The number of hydrogen-bond donors (Lipinski definition) is 1. The molecule has 1 aromatic heterocycles. The Balaban J connectivity index is 1.90. The second-order valence-electron chi connectivity index (χ2n) is 5.57. The summed E-state index contributed by atoms with van der Waals surface area (Å²) in [6.45, 7) is 7.12. The lowest BCUT2D eigenvalue weighted by atomic mass is 10.1. The molecular weight excluding hydrogens is 320 g/mol. The van der Waals surface area contributed by atoms with E-state index in [9.17, 15) is 13.2 Å². The van der Waals surface area contributed by atoms with Crippen molar-refractivity contribution in [3.05, 3.63) is 17.5 Å². The summed E-state index contributed by atoms with van der Waals surface area (Å²) in [6.07, 6.45) is 1.17. The van der Waals surface area contributed by atoms with Crippen LogP contribution in [0.2, 0.25) is 0 Å². The zero-order chi connectivity index (χ0) is 17.0. The summed E-state index contributed by atoms with van der Waals surface area (Å²) >= 11 is 0. The molecule has 2 heterocycles. The molecule has 1 saturated heterocycles. The van der Waals surface area contributed by atoms with Crippen molar-refractivity contribution in [1.29, 1.82) is 0 Å². The van der Waals surface area contributed by atoms with Crippen molar-refractivity contribution in [2.75, 3.05) is 26.2 Å². The van der Waals surface area contributed by atoms with E-state index in [1.165, 1.54) is 8.61 Å². The molecule has 0 aliphatic carbocycles. The fraction of sp³-hybridized carbons (Fsp3) is 0.714. The van der Waals surface area contributed by atoms with Crippen LogP contribution >= 0.6 is 0 Å². The average Bonchev–Trinajstić information content (AvgIpc) is 2.95. The number of amides is 1. The van der Waals surface area contributed by atoms with Gasteiger partial charge in [-0.15, -0.1) is 0 Å². The van der Waals surface area contributed by atoms with Crippen molar-refractivity contribution in [3.63, 3.8) is 0 Å². The quantitative estimate of drug-likeness (QED) is 0.822. The number of hydrogen-bond acceptors (Lipinski definition) is 5. The minimum Gasteiger partial charge on any atom is -0.351 e. The highest BCUT2D eigenvalue weighted by Crippen LogP contribution is 2.17. The maximum Gasteiger partial charge on any atom is 0.290 e. The van der Waals surface area contributed by atoms with Gasteiger partial charge in [0, 0.05) is 38.3 Å². The van der Waals surface area contributed by atoms with Crippen LogP contribution in [0.3, 0.4) is 0 Å². The van der Waals surface area contributed by atoms with E-state index in [2.05, 4.69) is 10.5 Å². The van der Waals surface area contributed by atoms with Crippen LogP contribution in [0.1, 0.15) is 42.9 Å². The van der Waals surface area contributed by atoms with Gasteiger partial charge in [0.1, 0.15) is 0 Å². The first-order chi connectivity index (χ1) is 10.9. The van der Waals surface area contributed by atoms with Crippen molar-refractivity contribution in [2.24, 2.45) is 0 Å². The maximum atomic E-state index is 12.4. The zero-order valence-corrected chi connectivity index (χ0v) is 14.6. The lowest BCUT2D eigenvalue weighted by Crippen LogP contribution is -2.50. The Hall–Kier alpha value is -1.45. The summed E-state index contributed by atoms with van der Waals surface area (Å²) in [6, 6.07) is 1.52. The first-order valence-corrected chi connectivity index (χ1v) is 9.27. The number of aryl methyl sites for hydroxylation is 1. The Morgan fingerprint density at radius 1 is 1.39 bits per heavy atom. The fourth-order valence-electron chi connectivity index (χ4n) is 2.67. The van der Waals surface area contributed by atoms with Gasteiger partial charge in [-0.1, -0.05) is 19.0 Å². The van der Waals surface area contributed by atoms with Crippen LogP contribution in [0.25, 0.3) is 0 Å². The second-order valence-corrected chi connectivity index (χ2v) is 7.50. The van der Waals surface area contributed by atoms with Crippen LogP contribution in [0.15, 0.2) is 10.6 Å². The monoisotopic (exact) mass is 344 g/mol. The molecule has 1 amide bonds. The Bertz CT molecular complexity index is 631. The molecule has 1 aromatic rings. The number of carbonyl (C=O) groups is 1. The third kappa shape index (κ3) is 4.10. The van der Waals surface area contributed by atoms with Gasteiger partial charge < -0.3 is 9.84 Å². The second kappa shape index (κ2) is 7.41. The third-order valence-electron chi connectivity index (χ3n) is 4.00. The molecule has 2 rings (SSSR count). The normalized spacial score (nSPS) is 17.6. The average molecular weight is 344 g/mol. The standard InChI is InChI=1S/C14H24N4O4S/c1-4-17(5-2)23(20,21)18-8-6-12(7-9-18)15-14(19)13-10-11(3)16-22-13/h10,12H,4-9H2,1-3H3,(H,15,19). The molecule has 1 aliphatic heterocycles. The summed E-state index contributed by atoms with van der Waals surface area (Å²) in [5.74, 6) is -0.128.